The molecule has 0 bridgehead atoms. The second-order valence-electron chi connectivity index (χ2n) is 7.06. The fourth-order valence-corrected chi connectivity index (χ4v) is 3.42. The topological polar surface area (TPSA) is 71.2 Å². The number of carbonyl (C=O) groups is 2. The lowest BCUT2D eigenvalue weighted by atomic mass is 9.96. The highest BCUT2D eigenvalue weighted by Gasteiger charge is 2.23. The lowest BCUT2D eigenvalue weighted by Gasteiger charge is -2.17. The van der Waals surface area contributed by atoms with Gasteiger partial charge in [-0.05, 0) is 29.5 Å². The summed E-state index contributed by atoms with van der Waals surface area (Å²) < 4.78 is 4.91. The van der Waals surface area contributed by atoms with E-state index >= 15 is 0 Å². The van der Waals surface area contributed by atoms with Gasteiger partial charge in [0.2, 0.25) is 5.91 Å². The van der Waals surface area contributed by atoms with Crippen LogP contribution in [0.2, 0.25) is 0 Å². The van der Waals surface area contributed by atoms with Gasteiger partial charge in [-0.2, -0.15) is 0 Å². The van der Waals surface area contributed by atoms with Crippen molar-refractivity contribution in [3.8, 4) is 0 Å². The van der Waals surface area contributed by atoms with Gasteiger partial charge in [-0.1, -0.05) is 55.5 Å². The minimum atomic E-state index is -0.705. The third-order valence-corrected chi connectivity index (χ3v) is 5.09. The Morgan fingerprint density at radius 1 is 1.07 bits per heavy atom. The molecule has 1 aromatic heterocycles. The Morgan fingerprint density at radius 3 is 2.54 bits per heavy atom. The van der Waals surface area contributed by atoms with Crippen LogP contribution in [0.1, 0.15) is 36.8 Å². The minimum absolute atomic E-state index is 0.141. The molecular formula is C23H26N2O3. The van der Waals surface area contributed by atoms with Crippen LogP contribution < -0.4 is 5.32 Å². The van der Waals surface area contributed by atoms with Crippen LogP contribution in [0.3, 0.4) is 0 Å². The maximum absolute atomic E-state index is 12.5. The first-order valence-electron chi connectivity index (χ1n) is 9.55. The fourth-order valence-electron chi connectivity index (χ4n) is 3.42. The van der Waals surface area contributed by atoms with E-state index in [1.807, 2.05) is 48.7 Å². The molecule has 1 heterocycles. The maximum Gasteiger partial charge on any atom is 0.328 e. The quantitative estimate of drug-likeness (QED) is 0.583. The minimum Gasteiger partial charge on any atom is -0.467 e. The smallest absolute Gasteiger partial charge is 0.328 e. The van der Waals surface area contributed by atoms with Gasteiger partial charge in [-0.15, -0.1) is 0 Å². The summed E-state index contributed by atoms with van der Waals surface area (Å²) in [6.07, 6.45) is 3.34. The Kier molecular flexibility index (Phi) is 6.48. The molecule has 0 saturated heterocycles. The Bertz CT molecular complexity index is 933. The van der Waals surface area contributed by atoms with Crippen molar-refractivity contribution < 1.29 is 14.3 Å². The number of hydrogen-bond donors (Lipinski definition) is 2. The van der Waals surface area contributed by atoms with E-state index in [0.717, 1.165) is 22.9 Å². The van der Waals surface area contributed by atoms with E-state index in [-0.39, 0.29) is 11.8 Å². The number of nitrogens with one attached hydrogen (secondary N) is 2. The number of ether oxygens (including phenoxy) is 1. The molecular weight excluding hydrogens is 352 g/mol. The lowest BCUT2D eigenvalue weighted by molar-refractivity contribution is -0.145. The SMILES string of the molecule is COC(=O)C(Cc1c[nH]c2ccccc12)NC(=O)CCC(C)c1ccccc1. The summed E-state index contributed by atoms with van der Waals surface area (Å²) in [5.41, 5.74) is 3.19. The maximum atomic E-state index is 12.5. The molecule has 0 aliphatic heterocycles. The van der Waals surface area contributed by atoms with Gasteiger partial charge in [0.05, 0.1) is 7.11 Å². The molecule has 3 rings (SSSR count). The highest BCUT2D eigenvalue weighted by Crippen LogP contribution is 2.21. The van der Waals surface area contributed by atoms with Crippen LogP contribution in [0.5, 0.6) is 0 Å². The molecule has 1 amide bonds. The van der Waals surface area contributed by atoms with Crippen LogP contribution in [0.15, 0.2) is 60.8 Å². The molecule has 5 nitrogen and oxygen atoms in total. The number of hydrogen-bond acceptors (Lipinski definition) is 3. The summed E-state index contributed by atoms with van der Waals surface area (Å²) in [5.74, 6) is -0.301. The van der Waals surface area contributed by atoms with Crippen molar-refractivity contribution in [2.24, 2.45) is 0 Å². The molecule has 2 N–H and O–H groups in total. The number of amides is 1. The number of carbonyl (C=O) groups excluding carboxylic acids is 2. The molecule has 2 aromatic carbocycles. The van der Waals surface area contributed by atoms with Gasteiger partial charge in [0.1, 0.15) is 6.04 Å². The zero-order valence-electron chi connectivity index (χ0n) is 16.3. The second kappa shape index (κ2) is 9.22. The van der Waals surface area contributed by atoms with Crippen molar-refractivity contribution in [2.75, 3.05) is 7.11 Å². The summed E-state index contributed by atoms with van der Waals surface area (Å²) in [4.78, 5) is 27.9. The highest BCUT2D eigenvalue weighted by atomic mass is 16.5. The number of aromatic amines is 1. The third-order valence-electron chi connectivity index (χ3n) is 5.09. The van der Waals surface area contributed by atoms with Crippen LogP contribution in [0.4, 0.5) is 0 Å². The average Bonchev–Trinajstić information content (AvgIpc) is 3.14. The van der Waals surface area contributed by atoms with Crippen molar-refractivity contribution in [1.29, 1.82) is 0 Å². The van der Waals surface area contributed by atoms with Crippen LogP contribution >= 0.6 is 0 Å². The van der Waals surface area contributed by atoms with Gasteiger partial charge in [0.15, 0.2) is 0 Å². The zero-order chi connectivity index (χ0) is 19.9. The van der Waals surface area contributed by atoms with E-state index in [1.54, 1.807) is 0 Å². The first-order valence-corrected chi connectivity index (χ1v) is 9.55. The molecule has 3 aromatic rings. The van der Waals surface area contributed by atoms with Gasteiger partial charge in [-0.25, -0.2) is 4.79 Å². The summed E-state index contributed by atoms with van der Waals surface area (Å²) in [6.45, 7) is 2.10. The molecule has 0 spiro atoms. The summed E-state index contributed by atoms with van der Waals surface area (Å²) in [6, 6.07) is 17.3. The van der Waals surface area contributed by atoms with Crippen molar-refractivity contribution >= 4 is 22.8 Å². The molecule has 28 heavy (non-hydrogen) atoms. The largest absolute Gasteiger partial charge is 0.467 e. The first kappa shape index (κ1) is 19.7. The molecule has 0 aliphatic carbocycles. The molecule has 2 atom stereocenters. The lowest BCUT2D eigenvalue weighted by Crippen LogP contribution is -2.43. The molecule has 146 valence electrons. The van der Waals surface area contributed by atoms with Gasteiger partial charge < -0.3 is 15.0 Å². The second-order valence-corrected chi connectivity index (χ2v) is 7.06. The average molecular weight is 378 g/mol. The van der Waals surface area contributed by atoms with E-state index in [4.69, 9.17) is 4.74 Å². The molecule has 0 aliphatic rings. The van der Waals surface area contributed by atoms with E-state index in [2.05, 4.69) is 29.4 Å². The number of para-hydroxylation sites is 1. The van der Waals surface area contributed by atoms with E-state index < -0.39 is 12.0 Å². The van der Waals surface area contributed by atoms with Crippen LogP contribution in [0.25, 0.3) is 10.9 Å². The molecule has 0 radical (unpaired) electrons. The summed E-state index contributed by atoms with van der Waals surface area (Å²) >= 11 is 0. The van der Waals surface area contributed by atoms with Gasteiger partial charge in [0, 0.05) is 29.9 Å². The van der Waals surface area contributed by atoms with Crippen molar-refractivity contribution in [3.63, 3.8) is 0 Å². The Hall–Kier alpha value is -3.08. The Morgan fingerprint density at radius 2 is 1.79 bits per heavy atom. The zero-order valence-corrected chi connectivity index (χ0v) is 16.3. The predicted octanol–water partition coefficient (Wildman–Crippen LogP) is 3.95. The molecule has 2 unspecified atom stereocenters. The van der Waals surface area contributed by atoms with Gasteiger partial charge in [-0.3, -0.25) is 4.79 Å². The van der Waals surface area contributed by atoms with E-state index in [9.17, 15) is 9.59 Å². The summed E-state index contributed by atoms with van der Waals surface area (Å²) in [5, 5.41) is 3.89. The monoisotopic (exact) mass is 378 g/mol. The van der Waals surface area contributed by atoms with Crippen LogP contribution in [-0.2, 0) is 20.7 Å². The molecule has 0 fully saturated rings. The molecule has 5 heteroatoms. The van der Waals surface area contributed by atoms with Crippen LogP contribution in [0, 0.1) is 0 Å². The number of fused-ring (bicyclic) bond motifs is 1. The number of rotatable bonds is 8. The number of H-pyrrole nitrogens is 1. The fraction of sp³-hybridized carbons (Fsp3) is 0.304. The Labute approximate surface area is 165 Å². The number of aromatic nitrogens is 1. The third kappa shape index (κ3) is 4.80. The number of benzene rings is 2. The highest BCUT2D eigenvalue weighted by molar-refractivity contribution is 5.87. The normalized spacial score (nSPS) is 13.1. The number of methoxy groups -OCH3 is 1. The van der Waals surface area contributed by atoms with Crippen molar-refractivity contribution in [2.45, 2.75) is 38.1 Å². The van der Waals surface area contributed by atoms with Crippen LogP contribution in [-0.4, -0.2) is 30.0 Å². The van der Waals surface area contributed by atoms with E-state index in [0.29, 0.717) is 12.8 Å². The summed E-state index contributed by atoms with van der Waals surface area (Å²) in [7, 11) is 1.34. The number of esters is 1. The van der Waals surface area contributed by atoms with Gasteiger partial charge in [0.25, 0.3) is 0 Å². The van der Waals surface area contributed by atoms with E-state index in [1.165, 1.54) is 12.7 Å². The predicted molar refractivity (Wildman–Crippen MR) is 110 cm³/mol. The Balaban J connectivity index is 1.62. The van der Waals surface area contributed by atoms with Gasteiger partial charge >= 0.3 is 5.97 Å². The first-order chi connectivity index (χ1) is 13.6. The standard InChI is InChI=1S/C23H26N2O3/c1-16(17-8-4-3-5-9-17)12-13-22(26)25-21(23(27)28-2)14-18-15-24-20-11-7-6-10-19(18)20/h3-11,15-16,21,24H,12-14H2,1-2H3,(H,25,26). The van der Waals surface area contributed by atoms with Crippen molar-refractivity contribution in [1.82, 2.24) is 10.3 Å². The van der Waals surface area contributed by atoms with Crippen molar-refractivity contribution in [3.05, 3.63) is 71.9 Å². The molecule has 0 saturated carbocycles.